The molecule has 0 N–H and O–H groups in total. The minimum absolute atomic E-state index is 0.0611. The van der Waals surface area contributed by atoms with Gasteiger partial charge in [-0.15, -0.1) is 0 Å². The number of hydrogen-bond donors (Lipinski definition) is 0. The van der Waals surface area contributed by atoms with Gasteiger partial charge in [-0.25, -0.2) is 8.78 Å². The number of carbonyl (C=O) groups excluding carboxylic acids is 1. The molecule has 2 heterocycles. The quantitative estimate of drug-likeness (QED) is 0.677. The van der Waals surface area contributed by atoms with E-state index in [1.165, 1.54) is 0 Å². The van der Waals surface area contributed by atoms with Gasteiger partial charge in [-0.1, -0.05) is 0 Å². The lowest BCUT2D eigenvalue weighted by Crippen LogP contribution is -2.38. The average Bonchev–Trinajstić information content (AvgIpc) is 2.61. The second kappa shape index (κ2) is 3.31. The van der Waals surface area contributed by atoms with E-state index in [9.17, 15) is 13.6 Å². The summed E-state index contributed by atoms with van der Waals surface area (Å²) in [7, 11) is 1.74. The molecular formula is C12H14F2N2O. The van der Waals surface area contributed by atoms with Crippen molar-refractivity contribution in [2.75, 3.05) is 13.6 Å². The molecule has 1 aliphatic carbocycles. The summed E-state index contributed by atoms with van der Waals surface area (Å²) in [6.07, 6.45) is 0.0478. The molecule has 2 aliphatic rings. The lowest BCUT2D eigenvalue weighted by molar-refractivity contribution is -0.0143. The van der Waals surface area contributed by atoms with Crippen molar-refractivity contribution in [2.24, 2.45) is 0 Å². The zero-order valence-corrected chi connectivity index (χ0v) is 9.67. The van der Waals surface area contributed by atoms with E-state index in [-0.39, 0.29) is 18.7 Å². The summed E-state index contributed by atoms with van der Waals surface area (Å²) in [6, 6.07) is 1.79. The van der Waals surface area contributed by atoms with Crippen molar-refractivity contribution in [2.45, 2.75) is 31.7 Å². The number of rotatable bonds is 0. The summed E-state index contributed by atoms with van der Waals surface area (Å²) >= 11 is 0. The van der Waals surface area contributed by atoms with Crippen LogP contribution < -0.4 is 0 Å². The first kappa shape index (κ1) is 10.7. The third-order valence-corrected chi connectivity index (χ3v) is 3.71. The summed E-state index contributed by atoms with van der Waals surface area (Å²) in [4.78, 5) is 13.6. The Bertz CT molecular complexity index is 493. The van der Waals surface area contributed by atoms with Gasteiger partial charge in [-0.05, 0) is 18.1 Å². The van der Waals surface area contributed by atoms with E-state index in [4.69, 9.17) is 0 Å². The lowest BCUT2D eigenvalue weighted by atomic mass is 9.94. The fourth-order valence-electron chi connectivity index (χ4n) is 2.70. The predicted octanol–water partition coefficient (Wildman–Crippen LogP) is 1.70. The summed E-state index contributed by atoms with van der Waals surface area (Å²) in [5.41, 5.74) is 2.16. The molecule has 1 aliphatic heterocycles. The summed E-state index contributed by atoms with van der Waals surface area (Å²) in [6.45, 7) is 1.22. The van der Waals surface area contributed by atoms with Gasteiger partial charge in [0.2, 0.25) is 0 Å². The maximum atomic E-state index is 13.4. The van der Waals surface area contributed by atoms with E-state index in [1.54, 1.807) is 22.6 Å². The molecule has 0 aromatic carbocycles. The van der Waals surface area contributed by atoms with Crippen LogP contribution in [-0.2, 0) is 19.4 Å². The maximum absolute atomic E-state index is 13.4. The molecule has 0 saturated carbocycles. The molecule has 0 bridgehead atoms. The van der Waals surface area contributed by atoms with Crippen LogP contribution in [0.1, 0.15) is 28.2 Å². The molecule has 1 aromatic rings. The first-order valence-electron chi connectivity index (χ1n) is 5.82. The van der Waals surface area contributed by atoms with Gasteiger partial charge in [0.1, 0.15) is 5.69 Å². The Labute approximate surface area is 98.0 Å². The van der Waals surface area contributed by atoms with Gasteiger partial charge in [-0.2, -0.15) is 0 Å². The standard InChI is InChI=1S/C12H14F2N2O/c1-15-4-5-16-9(11(15)17)6-8-2-3-12(13,14)7-10(8)16/h6H,2-5,7H2,1H3. The van der Waals surface area contributed by atoms with Crippen molar-refractivity contribution in [1.82, 2.24) is 9.47 Å². The molecule has 5 heteroatoms. The Morgan fingerprint density at radius 2 is 2.12 bits per heavy atom. The smallest absolute Gasteiger partial charge is 0.270 e. The zero-order valence-electron chi connectivity index (χ0n) is 9.67. The summed E-state index contributed by atoms with van der Waals surface area (Å²) in [5, 5.41) is 0. The monoisotopic (exact) mass is 240 g/mol. The molecule has 0 fully saturated rings. The minimum atomic E-state index is -2.62. The van der Waals surface area contributed by atoms with Crippen LogP contribution in [0.2, 0.25) is 0 Å². The van der Waals surface area contributed by atoms with Gasteiger partial charge in [-0.3, -0.25) is 4.79 Å². The van der Waals surface area contributed by atoms with Crippen LogP contribution in [0.3, 0.4) is 0 Å². The maximum Gasteiger partial charge on any atom is 0.270 e. The molecule has 92 valence electrons. The summed E-state index contributed by atoms with van der Waals surface area (Å²) < 4.78 is 28.6. The van der Waals surface area contributed by atoms with E-state index in [2.05, 4.69) is 0 Å². The number of hydrogen-bond acceptors (Lipinski definition) is 1. The van der Waals surface area contributed by atoms with Gasteiger partial charge in [0.05, 0.1) is 6.42 Å². The number of likely N-dealkylation sites (N-methyl/N-ethyl adjacent to an activating group) is 1. The first-order valence-corrected chi connectivity index (χ1v) is 5.82. The number of carbonyl (C=O) groups is 1. The summed E-state index contributed by atoms with van der Waals surface area (Å²) in [5.74, 6) is -2.68. The van der Waals surface area contributed by atoms with E-state index in [1.807, 2.05) is 0 Å². The number of alkyl halides is 2. The second-order valence-electron chi connectivity index (χ2n) is 4.91. The van der Waals surface area contributed by atoms with Gasteiger partial charge in [0.15, 0.2) is 0 Å². The molecule has 3 rings (SSSR count). The molecule has 0 spiro atoms. The third-order valence-electron chi connectivity index (χ3n) is 3.71. The number of amides is 1. The fourth-order valence-corrected chi connectivity index (χ4v) is 2.70. The van der Waals surface area contributed by atoms with E-state index >= 15 is 0 Å². The molecule has 3 nitrogen and oxygen atoms in total. The Morgan fingerprint density at radius 1 is 1.35 bits per heavy atom. The zero-order chi connectivity index (χ0) is 12.2. The van der Waals surface area contributed by atoms with Crippen molar-refractivity contribution >= 4 is 5.91 Å². The van der Waals surface area contributed by atoms with Crippen molar-refractivity contribution < 1.29 is 13.6 Å². The fraction of sp³-hybridized carbons (Fsp3) is 0.583. The molecule has 0 atom stereocenters. The van der Waals surface area contributed by atoms with E-state index < -0.39 is 5.92 Å². The van der Waals surface area contributed by atoms with Gasteiger partial charge >= 0.3 is 0 Å². The van der Waals surface area contributed by atoms with Crippen LogP contribution in [0.4, 0.5) is 8.78 Å². The minimum Gasteiger partial charge on any atom is -0.339 e. The predicted molar refractivity (Wildman–Crippen MR) is 58.4 cm³/mol. The third kappa shape index (κ3) is 1.56. The molecule has 0 unspecified atom stereocenters. The van der Waals surface area contributed by atoms with Gasteiger partial charge in [0.25, 0.3) is 11.8 Å². The molecule has 1 aromatic heterocycles. The van der Waals surface area contributed by atoms with Crippen LogP contribution in [0.25, 0.3) is 0 Å². The van der Waals surface area contributed by atoms with Crippen LogP contribution in [0.15, 0.2) is 6.07 Å². The molecule has 1 amide bonds. The van der Waals surface area contributed by atoms with Gasteiger partial charge in [0, 0.05) is 32.3 Å². The number of halogens is 2. The number of fused-ring (bicyclic) bond motifs is 3. The average molecular weight is 240 g/mol. The highest BCUT2D eigenvalue weighted by Gasteiger charge is 2.38. The van der Waals surface area contributed by atoms with E-state index in [0.29, 0.717) is 30.9 Å². The van der Waals surface area contributed by atoms with Crippen molar-refractivity contribution in [3.8, 4) is 0 Å². The second-order valence-corrected chi connectivity index (χ2v) is 4.91. The molecule has 0 saturated heterocycles. The van der Waals surface area contributed by atoms with Gasteiger partial charge < -0.3 is 9.47 Å². The van der Waals surface area contributed by atoms with Crippen LogP contribution in [0, 0.1) is 0 Å². The normalized spacial score (nSPS) is 22.3. The topological polar surface area (TPSA) is 25.2 Å². The highest BCUT2D eigenvalue weighted by Crippen LogP contribution is 2.35. The number of aryl methyl sites for hydroxylation is 1. The first-order chi connectivity index (χ1) is 7.98. The largest absolute Gasteiger partial charge is 0.339 e. The van der Waals surface area contributed by atoms with Crippen molar-refractivity contribution in [3.05, 3.63) is 23.0 Å². The van der Waals surface area contributed by atoms with Crippen molar-refractivity contribution in [1.29, 1.82) is 0 Å². The highest BCUT2D eigenvalue weighted by atomic mass is 19.3. The molecule has 0 radical (unpaired) electrons. The van der Waals surface area contributed by atoms with E-state index in [0.717, 1.165) is 5.56 Å². The Hall–Kier alpha value is -1.39. The number of nitrogens with zero attached hydrogens (tertiary/aromatic N) is 2. The Morgan fingerprint density at radius 3 is 2.88 bits per heavy atom. The van der Waals surface area contributed by atoms with Crippen molar-refractivity contribution in [3.63, 3.8) is 0 Å². The van der Waals surface area contributed by atoms with Crippen LogP contribution in [0.5, 0.6) is 0 Å². The molecular weight excluding hydrogens is 226 g/mol. The molecule has 17 heavy (non-hydrogen) atoms. The van der Waals surface area contributed by atoms with Crippen LogP contribution >= 0.6 is 0 Å². The number of aromatic nitrogens is 1. The Kier molecular flexibility index (Phi) is 2.09. The highest BCUT2D eigenvalue weighted by molar-refractivity contribution is 5.93. The Balaban J connectivity index is 2.08. The lowest BCUT2D eigenvalue weighted by Gasteiger charge is -2.28. The van der Waals surface area contributed by atoms with Crippen LogP contribution in [-0.4, -0.2) is 34.9 Å². The SMILES string of the molecule is CN1CCn2c(cc3c2CC(F)(F)CC3)C1=O.